The van der Waals surface area contributed by atoms with Crippen LogP contribution in [0.3, 0.4) is 0 Å². The summed E-state index contributed by atoms with van der Waals surface area (Å²) in [7, 11) is 0. The molecule has 7 rings (SSSR count). The van der Waals surface area contributed by atoms with E-state index in [2.05, 4.69) is 76.2 Å². The van der Waals surface area contributed by atoms with E-state index in [0.717, 1.165) is 97.4 Å². The van der Waals surface area contributed by atoms with Crippen molar-refractivity contribution in [3.8, 4) is 0 Å². The Kier molecular flexibility index (Phi) is 6.90. The molecule has 2 aliphatic carbocycles. The van der Waals surface area contributed by atoms with E-state index in [1.807, 2.05) is 0 Å². The Balaban J connectivity index is 1.48. The van der Waals surface area contributed by atoms with Crippen LogP contribution >= 0.6 is 0 Å². The maximum absolute atomic E-state index is 7.00. The van der Waals surface area contributed by atoms with Crippen molar-refractivity contribution in [2.24, 2.45) is 0 Å². The maximum Gasteiger partial charge on any atom is 0.117 e. The molecule has 0 aromatic carbocycles. The fraction of sp³-hybridized carbons (Fsp3) is 0.579. The Morgan fingerprint density at radius 2 is 0.690 bits per heavy atom. The predicted octanol–water partition coefficient (Wildman–Crippen LogP) is 11.1. The van der Waals surface area contributed by atoms with Gasteiger partial charge in [-0.2, -0.15) is 0 Å². The summed E-state index contributed by atoms with van der Waals surface area (Å²) >= 11 is 0. The Bertz CT molecular complexity index is 1310. The van der Waals surface area contributed by atoms with Crippen molar-refractivity contribution in [1.29, 1.82) is 0 Å². The molecule has 5 heterocycles. The zero-order valence-electron chi connectivity index (χ0n) is 26.2. The third kappa shape index (κ3) is 4.07. The number of fused-ring (bicyclic) bond motifs is 12. The fourth-order valence-electron chi connectivity index (χ4n) is 8.84. The lowest BCUT2D eigenvalue weighted by Gasteiger charge is -2.35. The highest BCUT2D eigenvalue weighted by Crippen LogP contribution is 2.52. The van der Waals surface area contributed by atoms with Gasteiger partial charge in [0, 0.05) is 0 Å². The third-order valence-electron chi connectivity index (χ3n) is 11.4. The molecule has 0 saturated heterocycles. The van der Waals surface area contributed by atoms with Crippen molar-refractivity contribution in [2.75, 3.05) is 0 Å². The molecule has 4 nitrogen and oxygen atoms in total. The molecule has 0 atom stereocenters. The molecule has 2 fully saturated rings. The minimum Gasteiger partial charge on any atom is -0.464 e. The van der Waals surface area contributed by atoms with Gasteiger partial charge in [0.25, 0.3) is 0 Å². The zero-order valence-corrected chi connectivity index (χ0v) is 26.2. The molecule has 4 aromatic rings. The second kappa shape index (κ2) is 10.4. The summed E-state index contributed by atoms with van der Waals surface area (Å²) in [5.41, 5.74) is -1.20. The molecule has 3 aliphatic rings. The quantitative estimate of drug-likeness (QED) is 0.246. The van der Waals surface area contributed by atoms with Gasteiger partial charge < -0.3 is 17.7 Å². The molecule has 8 bridgehead atoms. The Hall–Kier alpha value is -2.88. The zero-order chi connectivity index (χ0) is 29.0. The first-order valence-electron chi connectivity index (χ1n) is 16.8. The summed E-state index contributed by atoms with van der Waals surface area (Å²) in [5, 5.41) is 0. The van der Waals surface area contributed by atoms with Crippen LogP contribution in [0.25, 0.3) is 0 Å². The van der Waals surface area contributed by atoms with Gasteiger partial charge in [-0.15, -0.1) is 0 Å². The van der Waals surface area contributed by atoms with Crippen molar-refractivity contribution in [3.63, 3.8) is 0 Å². The van der Waals surface area contributed by atoms with Gasteiger partial charge in [0.05, 0.1) is 21.7 Å². The lowest BCUT2D eigenvalue weighted by Crippen LogP contribution is -2.31. The Morgan fingerprint density at radius 1 is 0.429 bits per heavy atom. The van der Waals surface area contributed by atoms with Crippen molar-refractivity contribution < 1.29 is 17.7 Å². The van der Waals surface area contributed by atoms with Crippen molar-refractivity contribution in [1.82, 2.24) is 0 Å². The summed E-state index contributed by atoms with van der Waals surface area (Å²) < 4.78 is 28.0. The Morgan fingerprint density at radius 3 is 0.952 bits per heavy atom. The second-order valence-corrected chi connectivity index (χ2v) is 14.1. The van der Waals surface area contributed by atoms with Gasteiger partial charge in [0.15, 0.2) is 0 Å². The molecule has 4 heteroatoms. The van der Waals surface area contributed by atoms with E-state index in [9.17, 15) is 0 Å². The van der Waals surface area contributed by atoms with Crippen molar-refractivity contribution in [2.45, 2.75) is 139 Å². The molecular weight excluding hydrogens is 520 g/mol. The summed E-state index contributed by atoms with van der Waals surface area (Å²) in [5.74, 6) is 8.16. The minimum atomic E-state index is -0.351. The fourth-order valence-corrected chi connectivity index (χ4v) is 8.84. The molecule has 0 unspecified atom stereocenters. The third-order valence-corrected chi connectivity index (χ3v) is 11.4. The molecule has 224 valence electrons. The van der Waals surface area contributed by atoms with Crippen LogP contribution in [0.5, 0.6) is 0 Å². The van der Waals surface area contributed by atoms with Gasteiger partial charge in [-0.3, -0.25) is 0 Å². The van der Waals surface area contributed by atoms with Gasteiger partial charge in [-0.1, -0.05) is 65.2 Å². The first-order valence-corrected chi connectivity index (χ1v) is 16.8. The number of hydrogen-bond acceptors (Lipinski definition) is 4. The average molecular weight is 569 g/mol. The topological polar surface area (TPSA) is 52.6 Å². The molecule has 2 saturated carbocycles. The standard InChI is InChI=1S/C38H48O4/c1-5-21-35(3)27-13-17-31(39-27)37(23-9-7-10-24-37)33-19-15-29(41-33)36(4,22-6-2)30-16-20-34(42-30)38(25-11-8-12-26-38)32-18-14-28(35)40-32/h13-20H,5-12,21-26H2,1-4H3. The lowest BCUT2D eigenvalue weighted by atomic mass is 9.70. The highest BCUT2D eigenvalue weighted by molar-refractivity contribution is 5.40. The highest BCUT2D eigenvalue weighted by Gasteiger charge is 2.47. The van der Waals surface area contributed by atoms with Crippen LogP contribution < -0.4 is 0 Å². The van der Waals surface area contributed by atoms with E-state index in [4.69, 9.17) is 17.7 Å². The van der Waals surface area contributed by atoms with E-state index in [0.29, 0.717) is 0 Å². The summed E-state index contributed by atoms with van der Waals surface area (Å²) in [6.45, 7) is 9.12. The average Bonchev–Trinajstić information content (AvgIpc) is 3.83. The summed E-state index contributed by atoms with van der Waals surface area (Å²) in [4.78, 5) is 0. The summed E-state index contributed by atoms with van der Waals surface area (Å²) in [6.07, 6.45) is 15.4. The van der Waals surface area contributed by atoms with Gasteiger partial charge in [0.2, 0.25) is 0 Å². The van der Waals surface area contributed by atoms with E-state index in [1.54, 1.807) is 0 Å². The van der Waals surface area contributed by atoms with Crippen LogP contribution in [0.1, 0.15) is 164 Å². The van der Waals surface area contributed by atoms with E-state index < -0.39 is 0 Å². The second-order valence-electron chi connectivity index (χ2n) is 14.1. The van der Waals surface area contributed by atoms with Gasteiger partial charge in [-0.05, 0) is 101 Å². The maximum atomic E-state index is 7.00. The molecule has 0 amide bonds. The first kappa shape index (κ1) is 27.9. The number of hydrogen-bond donors (Lipinski definition) is 0. The van der Waals surface area contributed by atoms with Crippen molar-refractivity contribution in [3.05, 3.63) is 94.6 Å². The SMILES string of the molecule is CCCC1(C)c2ccc(o2)C2(CCCCC2)c2ccc(o2)C(C)(CCC)c2ccc(o2)C2(CCCCC2)c2ccc1o2. The van der Waals surface area contributed by atoms with E-state index >= 15 is 0 Å². The normalized spacial score (nSPS) is 26.6. The largest absolute Gasteiger partial charge is 0.464 e. The molecule has 42 heavy (non-hydrogen) atoms. The molecule has 0 N–H and O–H groups in total. The molecule has 1 aliphatic heterocycles. The van der Waals surface area contributed by atoms with Crippen molar-refractivity contribution >= 4 is 0 Å². The van der Waals surface area contributed by atoms with Gasteiger partial charge >= 0.3 is 0 Å². The number of rotatable bonds is 4. The first-order chi connectivity index (χ1) is 20.4. The minimum absolute atomic E-state index is 0.249. The van der Waals surface area contributed by atoms with Crippen LogP contribution in [0.2, 0.25) is 0 Å². The highest BCUT2D eigenvalue weighted by atomic mass is 16.4. The molecule has 0 radical (unpaired) electrons. The Labute approximate surface area is 251 Å². The van der Waals surface area contributed by atoms with Gasteiger partial charge in [-0.25, -0.2) is 0 Å². The molecular formula is C38H48O4. The lowest BCUT2D eigenvalue weighted by molar-refractivity contribution is 0.201. The monoisotopic (exact) mass is 568 g/mol. The molecule has 2 spiro atoms. The summed E-state index contributed by atoms with van der Waals surface area (Å²) in [6, 6.07) is 17.9. The van der Waals surface area contributed by atoms with E-state index in [1.165, 1.54) is 38.5 Å². The smallest absolute Gasteiger partial charge is 0.117 e. The van der Waals surface area contributed by atoms with Crippen LogP contribution in [0, 0.1) is 0 Å². The number of furan rings is 4. The molecule has 4 aromatic heterocycles. The van der Waals surface area contributed by atoms with Crippen LogP contribution in [-0.2, 0) is 21.7 Å². The van der Waals surface area contributed by atoms with Crippen LogP contribution in [0.4, 0.5) is 0 Å². The van der Waals surface area contributed by atoms with E-state index in [-0.39, 0.29) is 21.7 Å². The van der Waals surface area contributed by atoms with Crippen LogP contribution in [-0.4, -0.2) is 0 Å². The van der Waals surface area contributed by atoms with Crippen LogP contribution in [0.15, 0.2) is 66.2 Å². The predicted molar refractivity (Wildman–Crippen MR) is 165 cm³/mol. The van der Waals surface area contributed by atoms with Gasteiger partial charge in [0.1, 0.15) is 46.1 Å².